The van der Waals surface area contributed by atoms with Gasteiger partial charge in [-0.25, -0.2) is 14.6 Å². The molecule has 3 heterocycles. The molecule has 1 saturated heterocycles. The molecule has 3 atom stereocenters. The van der Waals surface area contributed by atoms with Gasteiger partial charge < -0.3 is 30.3 Å². The predicted octanol–water partition coefficient (Wildman–Crippen LogP) is 3.41. The van der Waals surface area contributed by atoms with E-state index in [2.05, 4.69) is 44.7 Å². The number of nitrogens with zero attached hydrogens (tertiary/aromatic N) is 4. The number of ether oxygens (including phenoxy) is 2. The van der Waals surface area contributed by atoms with E-state index in [-0.39, 0.29) is 30.5 Å². The highest BCUT2D eigenvalue weighted by atomic mass is 32.1. The molecule has 12 nitrogen and oxygen atoms in total. The van der Waals surface area contributed by atoms with Gasteiger partial charge in [0.1, 0.15) is 12.6 Å². The second-order valence-corrected chi connectivity index (χ2v) is 12.9. The molecule has 14 heteroatoms. The normalized spacial score (nSPS) is 16.0. The Labute approximate surface area is 256 Å². The maximum atomic E-state index is 13.5. The van der Waals surface area contributed by atoms with Crippen LogP contribution in [0, 0.1) is 5.92 Å². The van der Waals surface area contributed by atoms with Crippen LogP contribution in [0.3, 0.4) is 0 Å². The molecule has 0 saturated carbocycles. The lowest BCUT2D eigenvalue weighted by Gasteiger charge is -2.33. The number of nitrogens with one attached hydrogen (secondary N) is 3. The lowest BCUT2D eigenvalue weighted by atomic mass is 9.99. The van der Waals surface area contributed by atoms with Crippen molar-refractivity contribution < 1.29 is 23.9 Å². The lowest BCUT2D eigenvalue weighted by molar-refractivity contribution is -0.125. The molecule has 0 unspecified atom stereocenters. The number of carbonyl (C=O) groups excluding carboxylic acids is 3. The molecule has 0 aliphatic carbocycles. The summed E-state index contributed by atoms with van der Waals surface area (Å²) in [5.41, 5.74) is 2.52. The van der Waals surface area contributed by atoms with E-state index < -0.39 is 12.1 Å². The van der Waals surface area contributed by atoms with Crippen LogP contribution < -0.4 is 16.0 Å². The first kappa shape index (κ1) is 33.7. The highest BCUT2D eigenvalue weighted by Gasteiger charge is 2.30. The number of rotatable bonds is 15. The highest BCUT2D eigenvalue weighted by Crippen LogP contribution is 2.20. The summed E-state index contributed by atoms with van der Waals surface area (Å²) in [6.07, 6.45) is 2.50. The quantitative estimate of drug-likeness (QED) is 0.257. The number of thiazole rings is 2. The fraction of sp³-hybridized carbons (Fsp3) is 0.679. The van der Waals surface area contributed by atoms with Gasteiger partial charge >= 0.3 is 12.1 Å². The van der Waals surface area contributed by atoms with Crippen molar-refractivity contribution in [2.45, 2.75) is 71.7 Å². The van der Waals surface area contributed by atoms with Crippen LogP contribution in [0.2, 0.25) is 0 Å². The summed E-state index contributed by atoms with van der Waals surface area (Å²) in [4.78, 5) is 51.9. The van der Waals surface area contributed by atoms with Crippen molar-refractivity contribution in [2.75, 3.05) is 46.4 Å². The summed E-state index contributed by atoms with van der Waals surface area (Å²) < 4.78 is 10.6. The number of hydrogen-bond acceptors (Lipinski definition) is 10. The number of alkyl carbamates (subject to hydrolysis) is 1. The Hall–Kier alpha value is -2.81. The molecule has 2 aromatic heterocycles. The van der Waals surface area contributed by atoms with Crippen molar-refractivity contribution in [1.82, 2.24) is 35.7 Å². The first-order valence-electron chi connectivity index (χ1n) is 14.5. The third kappa shape index (κ3) is 11.5. The highest BCUT2D eigenvalue weighted by molar-refractivity contribution is 7.09. The van der Waals surface area contributed by atoms with Crippen LogP contribution >= 0.6 is 22.7 Å². The molecule has 2 aromatic rings. The third-order valence-corrected chi connectivity index (χ3v) is 8.84. The molecular weight excluding hydrogens is 578 g/mol. The van der Waals surface area contributed by atoms with Gasteiger partial charge in [-0.05, 0) is 25.7 Å². The van der Waals surface area contributed by atoms with Crippen molar-refractivity contribution >= 4 is 40.7 Å². The Morgan fingerprint density at radius 1 is 1.14 bits per heavy atom. The minimum Gasteiger partial charge on any atom is -0.444 e. The monoisotopic (exact) mass is 623 g/mol. The van der Waals surface area contributed by atoms with Crippen LogP contribution in [0.15, 0.2) is 17.1 Å². The summed E-state index contributed by atoms with van der Waals surface area (Å²) in [6.45, 7) is 12.6. The Balaban J connectivity index is 1.49. The van der Waals surface area contributed by atoms with Crippen molar-refractivity contribution in [3.05, 3.63) is 32.7 Å². The number of carbonyl (C=O) groups is 3. The van der Waals surface area contributed by atoms with Crippen LogP contribution in [-0.2, 0) is 27.4 Å². The molecule has 4 amide bonds. The Bertz CT molecular complexity index is 1110. The minimum absolute atomic E-state index is 0.130. The second-order valence-electron chi connectivity index (χ2n) is 11.0. The Morgan fingerprint density at radius 2 is 1.90 bits per heavy atom. The Kier molecular flexibility index (Phi) is 13.9. The van der Waals surface area contributed by atoms with Crippen LogP contribution in [-0.4, -0.2) is 96.3 Å². The summed E-state index contributed by atoms with van der Waals surface area (Å²) in [6, 6.07) is -1.19. The maximum absolute atomic E-state index is 13.5. The standard InChI is InChI=1S/C28H45N7O5S2/c1-19(2)26-32-22(17-41-26)15-34(5)27(37)33-24(20(3)14-35-9-11-39-12-10-35)25(36)31-21(4)7-6-8-30-28(38)40-16-23-13-29-18-42-23/h13,17-21,24H,6-12,14-16H2,1-5H3,(H,30,38)(H,31,36)(H,33,37)/t20-,21-,24-/m0/s1. The molecule has 1 aliphatic rings. The fourth-order valence-corrected chi connectivity index (χ4v) is 5.82. The molecule has 3 N–H and O–H groups in total. The molecule has 3 rings (SSSR count). The second kappa shape index (κ2) is 17.3. The van der Waals surface area contributed by atoms with Gasteiger partial charge in [0.05, 0.1) is 40.8 Å². The summed E-state index contributed by atoms with van der Waals surface area (Å²) in [5, 5.41) is 11.8. The van der Waals surface area contributed by atoms with Crippen molar-refractivity contribution in [3.63, 3.8) is 0 Å². The maximum Gasteiger partial charge on any atom is 0.407 e. The van der Waals surface area contributed by atoms with Gasteiger partial charge in [0.15, 0.2) is 0 Å². The van der Waals surface area contributed by atoms with Gasteiger partial charge in [0.2, 0.25) is 5.91 Å². The fourth-order valence-electron chi connectivity index (χ4n) is 4.49. The van der Waals surface area contributed by atoms with Crippen LogP contribution in [0.5, 0.6) is 0 Å². The lowest BCUT2D eigenvalue weighted by Crippen LogP contribution is -2.56. The van der Waals surface area contributed by atoms with Gasteiger partial charge in [0, 0.05) is 56.8 Å². The summed E-state index contributed by atoms with van der Waals surface area (Å²) in [7, 11) is 1.71. The number of amides is 4. The molecule has 42 heavy (non-hydrogen) atoms. The number of morpholine rings is 1. The van der Waals surface area contributed by atoms with Gasteiger partial charge in [-0.1, -0.05) is 20.8 Å². The van der Waals surface area contributed by atoms with Crippen molar-refractivity contribution in [3.8, 4) is 0 Å². The molecule has 0 radical (unpaired) electrons. The van der Waals surface area contributed by atoms with Gasteiger partial charge in [-0.15, -0.1) is 22.7 Å². The summed E-state index contributed by atoms with van der Waals surface area (Å²) in [5.74, 6) is -0.0232. The molecule has 1 aliphatic heterocycles. The molecule has 0 aromatic carbocycles. The zero-order valence-electron chi connectivity index (χ0n) is 25.3. The van der Waals surface area contributed by atoms with E-state index in [0.717, 1.165) is 28.7 Å². The molecular formula is C28H45N7O5S2. The number of hydrogen-bond donors (Lipinski definition) is 3. The largest absolute Gasteiger partial charge is 0.444 e. The third-order valence-electron chi connectivity index (χ3n) is 6.89. The number of urea groups is 1. The first-order valence-corrected chi connectivity index (χ1v) is 16.2. The van der Waals surface area contributed by atoms with Crippen LogP contribution in [0.25, 0.3) is 0 Å². The zero-order valence-corrected chi connectivity index (χ0v) is 26.9. The molecule has 0 bridgehead atoms. The van der Waals surface area contributed by atoms with E-state index in [1.165, 1.54) is 11.3 Å². The number of aromatic nitrogens is 2. The minimum atomic E-state index is -0.716. The van der Waals surface area contributed by atoms with E-state index in [4.69, 9.17) is 9.47 Å². The van der Waals surface area contributed by atoms with Crippen molar-refractivity contribution in [1.29, 1.82) is 0 Å². The van der Waals surface area contributed by atoms with E-state index >= 15 is 0 Å². The SMILES string of the molecule is CC(C)c1nc(CN(C)C(=O)N[C@H](C(=O)N[C@@H](C)CCCNC(=O)OCc2cncs2)[C@@H](C)CN2CCOCC2)cs1. The molecule has 0 spiro atoms. The zero-order chi connectivity index (χ0) is 30.5. The van der Waals surface area contributed by atoms with Crippen molar-refractivity contribution in [2.24, 2.45) is 5.92 Å². The average molecular weight is 624 g/mol. The molecule has 234 valence electrons. The predicted molar refractivity (Wildman–Crippen MR) is 164 cm³/mol. The topological polar surface area (TPSA) is 138 Å². The van der Waals surface area contributed by atoms with Gasteiger partial charge in [-0.3, -0.25) is 14.7 Å². The summed E-state index contributed by atoms with van der Waals surface area (Å²) >= 11 is 3.02. The smallest absolute Gasteiger partial charge is 0.407 e. The Morgan fingerprint density at radius 3 is 2.57 bits per heavy atom. The van der Waals surface area contributed by atoms with E-state index in [1.54, 1.807) is 35.0 Å². The van der Waals surface area contributed by atoms with E-state index in [1.807, 2.05) is 19.2 Å². The van der Waals surface area contributed by atoms with E-state index in [0.29, 0.717) is 51.6 Å². The van der Waals surface area contributed by atoms with Gasteiger partial charge in [-0.2, -0.15) is 0 Å². The van der Waals surface area contributed by atoms with Crippen LogP contribution in [0.4, 0.5) is 9.59 Å². The van der Waals surface area contributed by atoms with E-state index in [9.17, 15) is 14.4 Å². The average Bonchev–Trinajstić information content (AvgIpc) is 3.66. The van der Waals surface area contributed by atoms with Crippen LogP contribution in [0.1, 0.15) is 62.0 Å². The van der Waals surface area contributed by atoms with Gasteiger partial charge in [0.25, 0.3) is 0 Å². The molecule has 1 fully saturated rings. The first-order chi connectivity index (χ1) is 20.1.